The van der Waals surface area contributed by atoms with Crippen molar-refractivity contribution in [3.8, 4) is 11.1 Å². The molecule has 0 unspecified atom stereocenters. The van der Waals surface area contributed by atoms with Crippen LogP contribution in [-0.4, -0.2) is 11.7 Å². The van der Waals surface area contributed by atoms with Crippen molar-refractivity contribution in [1.29, 1.82) is 0 Å². The molecule has 1 nitrogen and oxygen atoms in total. The molecule has 0 amide bonds. The van der Waals surface area contributed by atoms with E-state index in [0.29, 0.717) is 0 Å². The predicted octanol–water partition coefficient (Wildman–Crippen LogP) is 3.34. The van der Waals surface area contributed by atoms with Gasteiger partial charge < -0.3 is 5.11 Å². The van der Waals surface area contributed by atoms with E-state index in [0.717, 1.165) is 12.8 Å². The summed E-state index contributed by atoms with van der Waals surface area (Å²) in [4.78, 5) is 0. The van der Waals surface area contributed by atoms with Gasteiger partial charge in [0, 0.05) is 6.61 Å². The molecule has 2 heteroatoms. The topological polar surface area (TPSA) is 20.2 Å². The molecule has 0 atom stereocenters. The monoisotopic (exact) mass is 218 g/mol. The molecule has 1 aromatic heterocycles. The third kappa shape index (κ3) is 2.67. The smallest absolute Gasteiger partial charge is 0.0434 e. The Morgan fingerprint density at radius 1 is 1.00 bits per heavy atom. The predicted molar refractivity (Wildman–Crippen MR) is 65.2 cm³/mol. The molecule has 1 heterocycles. The molecule has 1 N–H and O–H groups in total. The number of benzene rings is 1. The Labute approximate surface area is 94.0 Å². The fraction of sp³-hybridized carbons (Fsp3) is 0.231. The summed E-state index contributed by atoms with van der Waals surface area (Å²) in [6.45, 7) is 0.270. The van der Waals surface area contributed by atoms with Crippen molar-refractivity contribution in [3.05, 3.63) is 46.7 Å². The largest absolute Gasteiger partial charge is 0.396 e. The average Bonchev–Trinajstić information content (AvgIpc) is 2.80. The SMILES string of the molecule is OCCCc1ccc(-c2ccsc2)cc1. The van der Waals surface area contributed by atoms with E-state index in [2.05, 4.69) is 41.1 Å². The second-order valence-corrected chi connectivity index (χ2v) is 4.32. The van der Waals surface area contributed by atoms with Gasteiger partial charge in [-0.25, -0.2) is 0 Å². The van der Waals surface area contributed by atoms with Crippen LogP contribution < -0.4 is 0 Å². The van der Waals surface area contributed by atoms with Gasteiger partial charge in [-0.05, 0) is 46.4 Å². The van der Waals surface area contributed by atoms with Crippen molar-refractivity contribution in [2.75, 3.05) is 6.61 Å². The second kappa shape index (κ2) is 5.10. The van der Waals surface area contributed by atoms with Crippen LogP contribution in [0.3, 0.4) is 0 Å². The summed E-state index contributed by atoms with van der Waals surface area (Å²) in [5.74, 6) is 0. The highest BCUT2D eigenvalue weighted by atomic mass is 32.1. The van der Waals surface area contributed by atoms with E-state index < -0.39 is 0 Å². The van der Waals surface area contributed by atoms with Crippen molar-refractivity contribution in [3.63, 3.8) is 0 Å². The lowest BCUT2D eigenvalue weighted by Crippen LogP contribution is -1.88. The molecule has 1 aromatic carbocycles. The molecule has 0 radical (unpaired) electrons. The molecule has 15 heavy (non-hydrogen) atoms. The molecule has 78 valence electrons. The standard InChI is InChI=1S/C13H14OS/c14-8-1-2-11-3-5-12(6-4-11)13-7-9-15-10-13/h3-7,9-10,14H,1-2,8H2. The molecular formula is C13H14OS. The van der Waals surface area contributed by atoms with Crippen LogP contribution in [0.5, 0.6) is 0 Å². The number of hydrogen-bond donors (Lipinski definition) is 1. The first-order chi connectivity index (χ1) is 7.40. The number of hydrogen-bond acceptors (Lipinski definition) is 2. The summed E-state index contributed by atoms with van der Waals surface area (Å²) < 4.78 is 0. The van der Waals surface area contributed by atoms with E-state index in [9.17, 15) is 0 Å². The Balaban J connectivity index is 2.11. The zero-order valence-corrected chi connectivity index (χ0v) is 9.33. The Kier molecular flexibility index (Phi) is 3.54. The maximum Gasteiger partial charge on any atom is 0.0434 e. The lowest BCUT2D eigenvalue weighted by molar-refractivity contribution is 0.288. The molecular weight excluding hydrogens is 204 g/mol. The van der Waals surface area contributed by atoms with Gasteiger partial charge in [-0.15, -0.1) is 0 Å². The van der Waals surface area contributed by atoms with E-state index >= 15 is 0 Å². The van der Waals surface area contributed by atoms with E-state index in [1.165, 1.54) is 16.7 Å². The zero-order valence-electron chi connectivity index (χ0n) is 8.52. The molecule has 0 saturated heterocycles. The van der Waals surface area contributed by atoms with Crippen molar-refractivity contribution >= 4 is 11.3 Å². The highest BCUT2D eigenvalue weighted by Crippen LogP contribution is 2.22. The van der Waals surface area contributed by atoms with Gasteiger partial charge in [-0.1, -0.05) is 24.3 Å². The lowest BCUT2D eigenvalue weighted by atomic mass is 10.0. The Morgan fingerprint density at radius 2 is 1.80 bits per heavy atom. The van der Waals surface area contributed by atoms with E-state index in [1.807, 2.05) is 0 Å². The van der Waals surface area contributed by atoms with Gasteiger partial charge in [0.15, 0.2) is 0 Å². The summed E-state index contributed by atoms with van der Waals surface area (Å²) in [6.07, 6.45) is 1.80. The number of aliphatic hydroxyl groups excluding tert-OH is 1. The normalized spacial score (nSPS) is 10.5. The fourth-order valence-corrected chi connectivity index (χ4v) is 2.24. The summed E-state index contributed by atoms with van der Waals surface area (Å²) >= 11 is 1.72. The van der Waals surface area contributed by atoms with Gasteiger partial charge in [0.25, 0.3) is 0 Å². The van der Waals surface area contributed by atoms with Crippen LogP contribution in [0.15, 0.2) is 41.1 Å². The quantitative estimate of drug-likeness (QED) is 0.834. The van der Waals surface area contributed by atoms with Gasteiger partial charge in [-0.3, -0.25) is 0 Å². The van der Waals surface area contributed by atoms with Crippen LogP contribution >= 0.6 is 11.3 Å². The van der Waals surface area contributed by atoms with E-state index in [1.54, 1.807) is 11.3 Å². The molecule has 0 saturated carbocycles. The van der Waals surface area contributed by atoms with Crippen LogP contribution in [0.25, 0.3) is 11.1 Å². The van der Waals surface area contributed by atoms with Crippen molar-refractivity contribution in [1.82, 2.24) is 0 Å². The van der Waals surface area contributed by atoms with Crippen molar-refractivity contribution in [2.45, 2.75) is 12.8 Å². The Morgan fingerprint density at radius 3 is 2.40 bits per heavy atom. The molecule has 0 fully saturated rings. The summed E-state index contributed by atoms with van der Waals surface area (Å²) in [5.41, 5.74) is 3.85. The summed E-state index contributed by atoms with van der Waals surface area (Å²) in [5, 5.41) is 13.0. The van der Waals surface area contributed by atoms with Crippen molar-refractivity contribution in [2.24, 2.45) is 0 Å². The second-order valence-electron chi connectivity index (χ2n) is 3.54. The number of thiophene rings is 1. The first-order valence-electron chi connectivity index (χ1n) is 5.12. The van der Waals surface area contributed by atoms with Crippen LogP contribution in [0, 0.1) is 0 Å². The van der Waals surface area contributed by atoms with Crippen LogP contribution in [-0.2, 0) is 6.42 Å². The highest BCUT2D eigenvalue weighted by Gasteiger charge is 1.98. The first-order valence-corrected chi connectivity index (χ1v) is 6.07. The maximum atomic E-state index is 8.73. The summed E-state index contributed by atoms with van der Waals surface area (Å²) in [7, 11) is 0. The van der Waals surface area contributed by atoms with Gasteiger partial charge in [0.1, 0.15) is 0 Å². The van der Waals surface area contributed by atoms with Crippen LogP contribution in [0.2, 0.25) is 0 Å². The Hall–Kier alpha value is -1.12. The first kappa shape index (κ1) is 10.4. The number of aliphatic hydroxyl groups is 1. The summed E-state index contributed by atoms with van der Waals surface area (Å²) in [6, 6.07) is 10.7. The minimum atomic E-state index is 0.270. The molecule has 2 aromatic rings. The molecule has 0 bridgehead atoms. The van der Waals surface area contributed by atoms with Crippen molar-refractivity contribution < 1.29 is 5.11 Å². The van der Waals surface area contributed by atoms with Crippen LogP contribution in [0.1, 0.15) is 12.0 Å². The van der Waals surface area contributed by atoms with Gasteiger partial charge in [-0.2, -0.15) is 11.3 Å². The third-order valence-corrected chi connectivity index (χ3v) is 3.12. The highest BCUT2D eigenvalue weighted by molar-refractivity contribution is 7.08. The molecule has 0 spiro atoms. The number of rotatable bonds is 4. The average molecular weight is 218 g/mol. The maximum absolute atomic E-state index is 8.73. The minimum Gasteiger partial charge on any atom is -0.396 e. The van der Waals surface area contributed by atoms with Gasteiger partial charge in [0.2, 0.25) is 0 Å². The van der Waals surface area contributed by atoms with E-state index in [-0.39, 0.29) is 6.61 Å². The fourth-order valence-electron chi connectivity index (χ4n) is 1.58. The lowest BCUT2D eigenvalue weighted by Gasteiger charge is -2.01. The third-order valence-electron chi connectivity index (χ3n) is 2.43. The molecule has 0 aliphatic rings. The van der Waals surface area contributed by atoms with Gasteiger partial charge >= 0.3 is 0 Å². The molecule has 0 aliphatic carbocycles. The minimum absolute atomic E-state index is 0.270. The van der Waals surface area contributed by atoms with E-state index in [4.69, 9.17) is 5.11 Å². The molecule has 2 rings (SSSR count). The molecule has 0 aliphatic heterocycles. The van der Waals surface area contributed by atoms with Gasteiger partial charge in [0.05, 0.1) is 0 Å². The zero-order chi connectivity index (χ0) is 10.5. The Bertz CT molecular complexity index is 389. The number of aryl methyl sites for hydroxylation is 1. The van der Waals surface area contributed by atoms with Crippen LogP contribution in [0.4, 0.5) is 0 Å².